The number of allylic oxidation sites excluding steroid dienone is 4. The molecule has 0 unspecified atom stereocenters. The predicted octanol–water partition coefficient (Wildman–Crippen LogP) is 5.56. The van der Waals surface area contributed by atoms with Crippen molar-refractivity contribution in [3.8, 4) is 0 Å². The quantitative estimate of drug-likeness (QED) is 0.641. The van der Waals surface area contributed by atoms with E-state index in [0.29, 0.717) is 6.54 Å². The van der Waals surface area contributed by atoms with Crippen LogP contribution in [0.4, 0.5) is 0 Å². The number of hydrogen-bond acceptors (Lipinski definition) is 2. The van der Waals surface area contributed by atoms with Gasteiger partial charge in [-0.1, -0.05) is 35.9 Å². The summed E-state index contributed by atoms with van der Waals surface area (Å²) in [5.74, 6) is 0. The Kier molecular flexibility index (Phi) is 4.22. The van der Waals surface area contributed by atoms with Crippen LogP contribution in [0.15, 0.2) is 51.7 Å². The zero-order valence-corrected chi connectivity index (χ0v) is 13.2. The summed E-state index contributed by atoms with van der Waals surface area (Å²) >= 11 is 0. The van der Waals surface area contributed by atoms with E-state index < -0.39 is 0 Å². The van der Waals surface area contributed by atoms with Crippen molar-refractivity contribution in [3.63, 3.8) is 0 Å². The molecule has 1 aromatic carbocycles. The molecular formula is C18H24N2. The molecule has 106 valence electrons. The highest BCUT2D eigenvalue weighted by molar-refractivity contribution is 5.77. The van der Waals surface area contributed by atoms with Crippen LogP contribution in [-0.2, 0) is 6.54 Å². The highest BCUT2D eigenvalue weighted by Crippen LogP contribution is 2.34. The normalized spacial score (nSPS) is 16.1. The van der Waals surface area contributed by atoms with Crippen molar-refractivity contribution in [1.82, 2.24) is 0 Å². The van der Waals surface area contributed by atoms with Crippen molar-refractivity contribution in [2.24, 2.45) is 10.2 Å². The predicted molar refractivity (Wildman–Crippen MR) is 85.7 cm³/mol. The zero-order chi connectivity index (χ0) is 14.8. The van der Waals surface area contributed by atoms with Crippen molar-refractivity contribution in [2.75, 3.05) is 0 Å². The SMILES string of the molecule is CC1=CC(C)=C(c2ccccc2CN=NC(C)(C)C)C1. The van der Waals surface area contributed by atoms with Crippen molar-refractivity contribution >= 4 is 5.57 Å². The molecule has 0 aromatic heterocycles. The van der Waals surface area contributed by atoms with E-state index in [-0.39, 0.29) is 5.54 Å². The Bertz CT molecular complexity index is 584. The molecule has 1 aliphatic rings. The summed E-state index contributed by atoms with van der Waals surface area (Å²) in [6.45, 7) is 11.2. The van der Waals surface area contributed by atoms with E-state index in [0.717, 1.165) is 6.42 Å². The average molecular weight is 268 g/mol. The fourth-order valence-corrected chi connectivity index (χ4v) is 2.51. The van der Waals surface area contributed by atoms with Crippen molar-refractivity contribution < 1.29 is 0 Å². The lowest BCUT2D eigenvalue weighted by Gasteiger charge is -2.12. The summed E-state index contributed by atoms with van der Waals surface area (Å²) in [5.41, 5.74) is 6.73. The van der Waals surface area contributed by atoms with Crippen LogP contribution in [0, 0.1) is 0 Å². The molecule has 0 N–H and O–H groups in total. The first-order valence-electron chi connectivity index (χ1n) is 7.21. The van der Waals surface area contributed by atoms with Gasteiger partial charge in [-0.05, 0) is 63.3 Å². The molecule has 0 bridgehead atoms. The maximum absolute atomic E-state index is 4.37. The smallest absolute Gasteiger partial charge is 0.0855 e. The lowest BCUT2D eigenvalue weighted by molar-refractivity contribution is 0.537. The summed E-state index contributed by atoms with van der Waals surface area (Å²) in [6, 6.07) is 8.54. The van der Waals surface area contributed by atoms with Crippen LogP contribution in [0.25, 0.3) is 5.57 Å². The number of nitrogens with zero attached hydrogens (tertiary/aromatic N) is 2. The topological polar surface area (TPSA) is 24.7 Å². The van der Waals surface area contributed by atoms with E-state index in [2.05, 4.69) is 75.2 Å². The molecule has 2 heteroatoms. The van der Waals surface area contributed by atoms with Gasteiger partial charge in [-0.15, -0.1) is 0 Å². The third kappa shape index (κ3) is 3.66. The second-order valence-electron chi connectivity index (χ2n) is 6.56. The van der Waals surface area contributed by atoms with Crippen LogP contribution < -0.4 is 0 Å². The molecule has 0 fully saturated rings. The highest BCUT2D eigenvalue weighted by atomic mass is 15.1. The molecule has 1 aliphatic carbocycles. The van der Waals surface area contributed by atoms with Gasteiger partial charge in [-0.3, -0.25) is 0 Å². The summed E-state index contributed by atoms with van der Waals surface area (Å²) in [4.78, 5) is 0. The number of azo groups is 1. The maximum Gasteiger partial charge on any atom is 0.0855 e. The standard InChI is InChI=1S/C18H24N2/c1-13-10-14(2)17(11-13)16-9-7-6-8-15(16)12-19-20-18(3,4)5/h6-10H,11-12H2,1-5H3. The highest BCUT2D eigenvalue weighted by Gasteiger charge is 2.15. The molecule has 0 radical (unpaired) electrons. The second-order valence-corrected chi connectivity index (χ2v) is 6.56. The van der Waals surface area contributed by atoms with Gasteiger partial charge in [0.15, 0.2) is 0 Å². The van der Waals surface area contributed by atoms with Gasteiger partial charge < -0.3 is 0 Å². The molecule has 0 spiro atoms. The Morgan fingerprint density at radius 2 is 1.80 bits per heavy atom. The van der Waals surface area contributed by atoms with E-state index >= 15 is 0 Å². The average Bonchev–Trinajstić information content (AvgIpc) is 2.67. The first kappa shape index (κ1) is 14.7. The molecule has 2 rings (SSSR count). The monoisotopic (exact) mass is 268 g/mol. The molecule has 0 saturated heterocycles. The fraction of sp³-hybridized carbons (Fsp3) is 0.444. The van der Waals surface area contributed by atoms with Gasteiger partial charge in [0.05, 0.1) is 12.1 Å². The van der Waals surface area contributed by atoms with Gasteiger partial charge in [-0.2, -0.15) is 10.2 Å². The lowest BCUT2D eigenvalue weighted by Crippen LogP contribution is -2.08. The second kappa shape index (κ2) is 5.74. The molecular weight excluding hydrogens is 244 g/mol. The van der Waals surface area contributed by atoms with Crippen LogP contribution in [0.1, 0.15) is 52.2 Å². The molecule has 0 saturated carbocycles. The Labute approximate surface area is 122 Å². The molecule has 1 aromatic rings. The molecule has 0 heterocycles. The molecule has 2 nitrogen and oxygen atoms in total. The number of rotatable bonds is 3. The summed E-state index contributed by atoms with van der Waals surface area (Å²) in [6.07, 6.45) is 3.34. The minimum atomic E-state index is -0.102. The third-order valence-electron chi connectivity index (χ3n) is 3.35. The van der Waals surface area contributed by atoms with Crippen LogP contribution >= 0.6 is 0 Å². The van der Waals surface area contributed by atoms with Crippen LogP contribution in [0.5, 0.6) is 0 Å². The first-order chi connectivity index (χ1) is 9.37. The minimum absolute atomic E-state index is 0.102. The van der Waals surface area contributed by atoms with Crippen molar-refractivity contribution in [3.05, 3.63) is 52.6 Å². The van der Waals surface area contributed by atoms with Crippen LogP contribution in [0.2, 0.25) is 0 Å². The van der Waals surface area contributed by atoms with Gasteiger partial charge in [0, 0.05) is 0 Å². The van der Waals surface area contributed by atoms with Gasteiger partial charge in [0.2, 0.25) is 0 Å². The van der Waals surface area contributed by atoms with Crippen molar-refractivity contribution in [2.45, 2.75) is 53.1 Å². The number of hydrogen-bond donors (Lipinski definition) is 0. The third-order valence-corrected chi connectivity index (χ3v) is 3.35. The van der Waals surface area contributed by atoms with Crippen molar-refractivity contribution in [1.29, 1.82) is 0 Å². The van der Waals surface area contributed by atoms with Crippen LogP contribution in [0.3, 0.4) is 0 Å². The van der Waals surface area contributed by atoms with Crippen LogP contribution in [-0.4, -0.2) is 5.54 Å². The molecule has 20 heavy (non-hydrogen) atoms. The summed E-state index contributed by atoms with van der Waals surface area (Å²) in [7, 11) is 0. The lowest BCUT2D eigenvalue weighted by atomic mass is 9.96. The van der Waals surface area contributed by atoms with Gasteiger partial charge >= 0.3 is 0 Å². The maximum atomic E-state index is 4.37. The van der Waals surface area contributed by atoms with Gasteiger partial charge in [0.1, 0.15) is 0 Å². The summed E-state index contributed by atoms with van der Waals surface area (Å²) in [5, 5.41) is 8.72. The van der Waals surface area contributed by atoms with E-state index in [1.54, 1.807) is 0 Å². The molecule has 0 atom stereocenters. The Hall–Kier alpha value is -1.70. The van der Waals surface area contributed by atoms with Gasteiger partial charge in [0.25, 0.3) is 0 Å². The largest absolute Gasteiger partial charge is 0.189 e. The van der Waals surface area contributed by atoms with Gasteiger partial charge in [-0.25, -0.2) is 0 Å². The van der Waals surface area contributed by atoms with E-state index in [9.17, 15) is 0 Å². The summed E-state index contributed by atoms with van der Waals surface area (Å²) < 4.78 is 0. The first-order valence-corrected chi connectivity index (χ1v) is 7.21. The Morgan fingerprint density at radius 1 is 1.10 bits per heavy atom. The van der Waals surface area contributed by atoms with E-state index in [1.807, 2.05) is 0 Å². The Morgan fingerprint density at radius 3 is 2.40 bits per heavy atom. The molecule has 0 amide bonds. The molecule has 0 aliphatic heterocycles. The Balaban J connectivity index is 2.24. The van der Waals surface area contributed by atoms with E-state index in [1.165, 1.54) is 27.8 Å². The van der Waals surface area contributed by atoms with E-state index in [4.69, 9.17) is 0 Å². The number of benzene rings is 1. The zero-order valence-electron chi connectivity index (χ0n) is 13.2. The minimum Gasteiger partial charge on any atom is -0.189 e. The fourth-order valence-electron chi connectivity index (χ4n) is 2.51.